The molecule has 3 nitrogen and oxygen atoms in total. The van der Waals surface area contributed by atoms with Crippen molar-refractivity contribution in [2.24, 2.45) is 0 Å². The van der Waals surface area contributed by atoms with Crippen molar-refractivity contribution in [3.05, 3.63) is 36.8 Å². The Labute approximate surface area is 95.7 Å². The number of rotatable bonds is 6. The van der Waals surface area contributed by atoms with Crippen LogP contribution in [0.15, 0.2) is 45.6 Å². The lowest BCUT2D eigenvalue weighted by Gasteiger charge is -2.18. The molecule has 0 amide bonds. The van der Waals surface area contributed by atoms with Gasteiger partial charge in [0.15, 0.2) is 0 Å². The third-order valence-electron chi connectivity index (χ3n) is 2.53. The lowest BCUT2D eigenvalue weighted by atomic mass is 10.2. The third kappa shape index (κ3) is 2.48. The van der Waals surface area contributed by atoms with Gasteiger partial charge in [0.1, 0.15) is 0 Å². The molecular formula is C13H17NO2. The molecule has 16 heavy (non-hydrogen) atoms. The number of hydrogen-bond acceptors (Lipinski definition) is 3. The lowest BCUT2D eigenvalue weighted by molar-refractivity contribution is 0.515. The normalized spacial score (nSPS) is 10.6. The number of hydrogen-bond donors (Lipinski definition) is 0. The Bertz CT molecular complexity index is 344. The fourth-order valence-corrected chi connectivity index (χ4v) is 1.70. The van der Waals surface area contributed by atoms with Crippen LogP contribution in [0.4, 0.5) is 11.8 Å². The SMILES string of the molecule is CCCCCN(c1ccco1)c1ccco1. The van der Waals surface area contributed by atoms with Crippen LogP contribution in [0.5, 0.6) is 0 Å². The summed E-state index contributed by atoms with van der Waals surface area (Å²) in [5, 5.41) is 0. The molecule has 0 aliphatic heterocycles. The molecule has 2 rings (SSSR count). The van der Waals surface area contributed by atoms with Gasteiger partial charge in [-0.25, -0.2) is 0 Å². The average Bonchev–Trinajstić information content (AvgIpc) is 2.97. The van der Waals surface area contributed by atoms with E-state index in [-0.39, 0.29) is 0 Å². The highest BCUT2D eigenvalue weighted by molar-refractivity contribution is 5.51. The summed E-state index contributed by atoms with van der Waals surface area (Å²) in [7, 11) is 0. The first-order chi connectivity index (χ1) is 7.92. The summed E-state index contributed by atoms with van der Waals surface area (Å²) >= 11 is 0. The molecule has 0 saturated heterocycles. The molecule has 0 fully saturated rings. The molecule has 86 valence electrons. The second-order valence-electron chi connectivity index (χ2n) is 3.76. The van der Waals surface area contributed by atoms with Crippen LogP contribution >= 0.6 is 0 Å². The van der Waals surface area contributed by atoms with E-state index in [1.54, 1.807) is 12.5 Å². The second kappa shape index (κ2) is 5.45. The van der Waals surface area contributed by atoms with Crippen molar-refractivity contribution in [1.29, 1.82) is 0 Å². The molecular weight excluding hydrogens is 202 g/mol. The molecule has 0 saturated carbocycles. The van der Waals surface area contributed by atoms with E-state index in [2.05, 4.69) is 11.8 Å². The lowest BCUT2D eigenvalue weighted by Crippen LogP contribution is -2.17. The number of nitrogens with zero attached hydrogens (tertiary/aromatic N) is 1. The summed E-state index contributed by atoms with van der Waals surface area (Å²) in [6.45, 7) is 3.12. The van der Waals surface area contributed by atoms with Crippen molar-refractivity contribution in [2.75, 3.05) is 11.4 Å². The minimum Gasteiger partial charge on any atom is -0.448 e. The quantitative estimate of drug-likeness (QED) is 0.682. The minimum absolute atomic E-state index is 0.839. The first-order valence-corrected chi connectivity index (χ1v) is 5.76. The predicted molar refractivity (Wildman–Crippen MR) is 63.9 cm³/mol. The Morgan fingerprint density at radius 1 is 1.00 bits per heavy atom. The summed E-state index contributed by atoms with van der Waals surface area (Å²) in [5.41, 5.74) is 0. The van der Waals surface area contributed by atoms with Crippen LogP contribution in [0.3, 0.4) is 0 Å². The zero-order chi connectivity index (χ0) is 11.2. The van der Waals surface area contributed by atoms with Gasteiger partial charge in [0, 0.05) is 18.7 Å². The van der Waals surface area contributed by atoms with E-state index in [0.717, 1.165) is 24.7 Å². The molecule has 0 atom stereocenters. The van der Waals surface area contributed by atoms with Gasteiger partial charge in [-0.05, 0) is 18.6 Å². The van der Waals surface area contributed by atoms with Crippen LogP contribution in [0.25, 0.3) is 0 Å². The molecule has 0 aliphatic carbocycles. The highest BCUT2D eigenvalue weighted by Gasteiger charge is 2.13. The Morgan fingerprint density at radius 2 is 1.62 bits per heavy atom. The molecule has 0 bridgehead atoms. The second-order valence-corrected chi connectivity index (χ2v) is 3.76. The zero-order valence-electron chi connectivity index (χ0n) is 9.56. The highest BCUT2D eigenvalue weighted by atomic mass is 16.4. The van der Waals surface area contributed by atoms with Crippen LogP contribution < -0.4 is 4.90 Å². The van der Waals surface area contributed by atoms with Crippen molar-refractivity contribution in [3.8, 4) is 0 Å². The predicted octanol–water partition coefficient (Wildman–Crippen LogP) is 4.20. The smallest absolute Gasteiger partial charge is 0.201 e. The minimum atomic E-state index is 0.839. The largest absolute Gasteiger partial charge is 0.448 e. The maximum atomic E-state index is 5.42. The van der Waals surface area contributed by atoms with Crippen LogP contribution in [0, 0.1) is 0 Å². The van der Waals surface area contributed by atoms with Gasteiger partial charge in [0.05, 0.1) is 12.5 Å². The Morgan fingerprint density at radius 3 is 2.06 bits per heavy atom. The van der Waals surface area contributed by atoms with E-state index in [0.29, 0.717) is 0 Å². The monoisotopic (exact) mass is 219 g/mol. The van der Waals surface area contributed by atoms with Crippen LogP contribution in [-0.4, -0.2) is 6.54 Å². The third-order valence-corrected chi connectivity index (χ3v) is 2.53. The van der Waals surface area contributed by atoms with Gasteiger partial charge < -0.3 is 8.83 Å². The summed E-state index contributed by atoms with van der Waals surface area (Å²) < 4.78 is 10.8. The average molecular weight is 219 g/mol. The van der Waals surface area contributed by atoms with Crippen molar-refractivity contribution in [3.63, 3.8) is 0 Å². The Kier molecular flexibility index (Phi) is 3.70. The summed E-state index contributed by atoms with van der Waals surface area (Å²) in [5.74, 6) is 1.68. The summed E-state index contributed by atoms with van der Waals surface area (Å²) in [6.07, 6.45) is 6.94. The van der Waals surface area contributed by atoms with E-state index < -0.39 is 0 Å². The van der Waals surface area contributed by atoms with Gasteiger partial charge in [-0.1, -0.05) is 19.8 Å². The Hall–Kier alpha value is -1.64. The molecule has 2 aromatic rings. The van der Waals surface area contributed by atoms with Crippen molar-refractivity contribution < 1.29 is 8.83 Å². The van der Waals surface area contributed by atoms with Crippen LogP contribution in [-0.2, 0) is 0 Å². The number of furan rings is 2. The molecule has 0 radical (unpaired) electrons. The van der Waals surface area contributed by atoms with Crippen molar-refractivity contribution >= 4 is 11.8 Å². The number of unbranched alkanes of at least 4 members (excludes halogenated alkanes) is 2. The maximum absolute atomic E-state index is 5.42. The molecule has 3 heteroatoms. The molecule has 2 aromatic heterocycles. The summed E-state index contributed by atoms with van der Waals surface area (Å²) in [6, 6.07) is 7.69. The van der Waals surface area contributed by atoms with Gasteiger partial charge in [-0.2, -0.15) is 0 Å². The topological polar surface area (TPSA) is 29.5 Å². The van der Waals surface area contributed by atoms with E-state index in [1.165, 1.54) is 12.8 Å². The molecule has 0 N–H and O–H groups in total. The van der Waals surface area contributed by atoms with Gasteiger partial charge >= 0.3 is 0 Å². The summed E-state index contributed by atoms with van der Waals surface area (Å²) in [4.78, 5) is 2.07. The van der Waals surface area contributed by atoms with E-state index in [1.807, 2.05) is 24.3 Å². The van der Waals surface area contributed by atoms with Gasteiger partial charge in [-0.15, -0.1) is 0 Å². The standard InChI is InChI=1S/C13H17NO2/c1-2-3-4-9-14(12-7-5-10-15-12)13-8-6-11-16-13/h5-8,10-11H,2-4,9H2,1H3. The first-order valence-electron chi connectivity index (χ1n) is 5.76. The maximum Gasteiger partial charge on any atom is 0.201 e. The fourth-order valence-electron chi connectivity index (χ4n) is 1.70. The van der Waals surface area contributed by atoms with Crippen LogP contribution in [0.1, 0.15) is 26.2 Å². The van der Waals surface area contributed by atoms with Crippen molar-refractivity contribution in [2.45, 2.75) is 26.2 Å². The van der Waals surface area contributed by atoms with E-state index in [4.69, 9.17) is 8.83 Å². The molecule has 0 spiro atoms. The number of anilines is 2. The van der Waals surface area contributed by atoms with Crippen LogP contribution in [0.2, 0.25) is 0 Å². The highest BCUT2D eigenvalue weighted by Crippen LogP contribution is 2.26. The fraction of sp³-hybridized carbons (Fsp3) is 0.385. The molecule has 0 aromatic carbocycles. The van der Waals surface area contributed by atoms with Gasteiger partial charge in [0.2, 0.25) is 11.8 Å². The molecule has 0 unspecified atom stereocenters. The zero-order valence-corrected chi connectivity index (χ0v) is 9.56. The molecule has 2 heterocycles. The van der Waals surface area contributed by atoms with Gasteiger partial charge in [0.25, 0.3) is 0 Å². The van der Waals surface area contributed by atoms with E-state index >= 15 is 0 Å². The first kappa shape index (κ1) is 10.9. The Balaban J connectivity index is 2.08. The van der Waals surface area contributed by atoms with Gasteiger partial charge in [-0.3, -0.25) is 4.90 Å². The van der Waals surface area contributed by atoms with Crippen molar-refractivity contribution in [1.82, 2.24) is 0 Å². The molecule has 0 aliphatic rings. The van der Waals surface area contributed by atoms with E-state index in [9.17, 15) is 0 Å².